The third-order valence-corrected chi connectivity index (χ3v) is 6.08. The minimum absolute atomic E-state index is 0.0240. The number of likely N-dealkylation sites (tertiary alicyclic amines) is 1. The highest BCUT2D eigenvalue weighted by molar-refractivity contribution is 5.62. The number of hydrogen-bond acceptors (Lipinski definition) is 4. The fraction of sp³-hybridized carbons (Fsp3) is 0.556. The van der Waals surface area contributed by atoms with Gasteiger partial charge in [0.1, 0.15) is 12.2 Å². The monoisotopic (exact) mass is 302 g/mol. The minimum Gasteiger partial charge on any atom is -0.493 e. The molecule has 1 aromatic carbocycles. The topological polar surface area (TPSA) is 41.9 Å². The number of ether oxygens (including phenoxy) is 2. The predicted octanol–water partition coefficient (Wildman–Crippen LogP) is 1.50. The number of likely N-dealkylation sites (N-methyl/N-ethyl adjacent to an activating group) is 1. The highest BCUT2D eigenvalue weighted by atomic mass is 16.5. The van der Waals surface area contributed by atoms with E-state index in [1.807, 2.05) is 18.2 Å². The van der Waals surface area contributed by atoms with Crippen LogP contribution < -0.4 is 9.47 Å². The fourth-order valence-corrected chi connectivity index (χ4v) is 5.21. The molecule has 1 aromatic rings. The number of piperidine rings is 1. The molecule has 1 fully saturated rings. The molecule has 0 aromatic heterocycles. The first-order chi connectivity index (χ1) is 11.9. The first-order valence-corrected chi connectivity index (χ1v) is 7.88. The van der Waals surface area contributed by atoms with E-state index in [4.69, 9.17) is 13.6 Å². The zero-order chi connectivity index (χ0) is 17.6. The zero-order valence-corrected chi connectivity index (χ0v) is 12.5. The first-order valence-electron chi connectivity index (χ1n) is 9.38. The van der Waals surface area contributed by atoms with Gasteiger partial charge in [0.05, 0.1) is 7.11 Å². The smallest absolute Gasteiger partial charge is 0.165 e. The van der Waals surface area contributed by atoms with Crippen molar-refractivity contribution in [1.82, 2.24) is 4.90 Å². The summed E-state index contributed by atoms with van der Waals surface area (Å²) in [7, 11) is 1.62. The molecule has 4 nitrogen and oxygen atoms in total. The minimum atomic E-state index is -2.11. The Morgan fingerprint density at radius 1 is 1.45 bits per heavy atom. The van der Waals surface area contributed by atoms with Crippen LogP contribution >= 0.6 is 0 Å². The number of rotatable bonds is 1. The van der Waals surface area contributed by atoms with Gasteiger partial charge in [-0.1, -0.05) is 18.2 Å². The Morgan fingerprint density at radius 2 is 2.36 bits per heavy atom. The lowest BCUT2D eigenvalue weighted by Crippen LogP contribution is -2.64. The van der Waals surface area contributed by atoms with E-state index >= 15 is 0 Å². The van der Waals surface area contributed by atoms with Crippen LogP contribution in [0.3, 0.4) is 0 Å². The Bertz CT molecular complexity index is 778. The van der Waals surface area contributed by atoms with Crippen molar-refractivity contribution in [3.8, 4) is 11.5 Å². The Hall–Kier alpha value is -1.52. The van der Waals surface area contributed by atoms with Gasteiger partial charge >= 0.3 is 0 Å². The Labute approximate surface area is 134 Å². The molecule has 4 heteroatoms. The van der Waals surface area contributed by atoms with Crippen molar-refractivity contribution in [2.45, 2.75) is 36.5 Å². The summed E-state index contributed by atoms with van der Waals surface area (Å²) in [6.45, 7) is -1.63. The maximum absolute atomic E-state index is 10.6. The molecule has 2 bridgehead atoms. The van der Waals surface area contributed by atoms with Gasteiger partial charge in [0, 0.05) is 27.1 Å². The number of benzene rings is 1. The summed E-state index contributed by atoms with van der Waals surface area (Å²) in [5, 5.41) is 10.6. The van der Waals surface area contributed by atoms with Crippen molar-refractivity contribution >= 4 is 0 Å². The number of aliphatic hydroxyl groups is 1. The quantitative estimate of drug-likeness (QED) is 0.798. The molecule has 1 spiro atoms. The highest BCUT2D eigenvalue weighted by Gasteiger charge is 2.64. The molecule has 1 saturated heterocycles. The average Bonchev–Trinajstić information content (AvgIpc) is 2.89. The van der Waals surface area contributed by atoms with Crippen LogP contribution in [0, 0.1) is 5.92 Å². The molecule has 4 aliphatic rings. The summed E-state index contributed by atoms with van der Waals surface area (Å²) in [4.78, 5) is 1.66. The van der Waals surface area contributed by atoms with Crippen LogP contribution in [-0.4, -0.2) is 48.9 Å². The fourth-order valence-electron chi connectivity index (χ4n) is 5.21. The van der Waals surface area contributed by atoms with Gasteiger partial charge in [-0.3, -0.25) is 0 Å². The lowest BCUT2D eigenvalue weighted by atomic mass is 9.53. The number of methoxy groups -OCH3 is 1. The molecule has 116 valence electrons. The lowest BCUT2D eigenvalue weighted by Gasteiger charge is -2.56. The summed E-state index contributed by atoms with van der Waals surface area (Å²) < 4.78 is 35.6. The zero-order valence-electron chi connectivity index (χ0n) is 15.5. The molecule has 0 saturated carbocycles. The SMILES string of the molecule is [2H]C([2H])([2H])N1CC[C@]23c4c5ccc(OC)c4O[C@H]2[C@@H](O)C=CC3[C@H]1C5. The van der Waals surface area contributed by atoms with Gasteiger partial charge < -0.3 is 19.5 Å². The maximum Gasteiger partial charge on any atom is 0.165 e. The molecule has 2 heterocycles. The van der Waals surface area contributed by atoms with Crippen LogP contribution in [0.15, 0.2) is 24.3 Å². The van der Waals surface area contributed by atoms with Crippen molar-refractivity contribution in [2.24, 2.45) is 5.92 Å². The van der Waals surface area contributed by atoms with E-state index in [1.54, 1.807) is 18.1 Å². The molecule has 22 heavy (non-hydrogen) atoms. The number of aliphatic hydroxyl groups excluding tert-OH is 1. The van der Waals surface area contributed by atoms with Crippen molar-refractivity contribution in [3.63, 3.8) is 0 Å². The van der Waals surface area contributed by atoms with E-state index in [9.17, 15) is 5.11 Å². The molecule has 5 atom stereocenters. The van der Waals surface area contributed by atoms with E-state index in [0.717, 1.165) is 16.9 Å². The normalized spacial score (nSPS) is 43.6. The van der Waals surface area contributed by atoms with Gasteiger partial charge in [0.2, 0.25) is 0 Å². The Morgan fingerprint density at radius 3 is 3.18 bits per heavy atom. The van der Waals surface area contributed by atoms with Crippen LogP contribution in [0.5, 0.6) is 11.5 Å². The molecular formula is C18H21NO3. The Balaban J connectivity index is 1.75. The van der Waals surface area contributed by atoms with Gasteiger partial charge in [0.25, 0.3) is 0 Å². The van der Waals surface area contributed by atoms with Gasteiger partial charge in [-0.05, 0) is 38.0 Å². The van der Waals surface area contributed by atoms with E-state index in [2.05, 4.69) is 0 Å². The molecule has 2 aliphatic heterocycles. The van der Waals surface area contributed by atoms with E-state index < -0.39 is 13.1 Å². The van der Waals surface area contributed by atoms with Crippen molar-refractivity contribution in [1.29, 1.82) is 0 Å². The number of nitrogens with zero attached hydrogens (tertiary/aromatic N) is 1. The molecule has 0 amide bonds. The second kappa shape index (κ2) is 4.06. The average molecular weight is 302 g/mol. The third-order valence-electron chi connectivity index (χ3n) is 6.08. The maximum atomic E-state index is 10.6. The summed E-state index contributed by atoms with van der Waals surface area (Å²) in [6, 6.07) is 3.81. The van der Waals surface area contributed by atoms with E-state index in [1.165, 1.54) is 0 Å². The van der Waals surface area contributed by atoms with Crippen LogP contribution in [0.25, 0.3) is 0 Å². The lowest BCUT2D eigenvalue weighted by molar-refractivity contribution is -0.0453. The second-order valence-electron chi connectivity index (χ2n) is 6.83. The van der Waals surface area contributed by atoms with Gasteiger partial charge in [0.15, 0.2) is 11.5 Å². The summed E-state index contributed by atoms with van der Waals surface area (Å²) in [5.41, 5.74) is 1.89. The molecule has 1 unspecified atom stereocenters. The third kappa shape index (κ3) is 1.28. The summed E-state index contributed by atoms with van der Waals surface area (Å²) in [5.74, 6) is 1.44. The number of hydrogen-bond donors (Lipinski definition) is 1. The van der Waals surface area contributed by atoms with Crippen molar-refractivity contribution < 1.29 is 18.7 Å². The summed E-state index contributed by atoms with van der Waals surface area (Å²) >= 11 is 0. The van der Waals surface area contributed by atoms with E-state index in [-0.39, 0.29) is 23.5 Å². The summed E-state index contributed by atoms with van der Waals surface area (Å²) in [6.07, 6.45) is 4.05. The van der Waals surface area contributed by atoms with Crippen LogP contribution in [0.2, 0.25) is 0 Å². The van der Waals surface area contributed by atoms with Crippen molar-refractivity contribution in [2.75, 3.05) is 20.6 Å². The standard InChI is InChI=1S/C18H21NO3/c1-19-8-7-18-11-4-5-13(20)17(18)22-16-14(21-2)6-3-10(15(16)18)9-12(11)19/h3-6,11-13,17,20H,7-9H2,1-2H3/t11?,12-,13+,17+,18+/m1/s1/i1D3. The molecule has 5 rings (SSSR count). The molecular weight excluding hydrogens is 278 g/mol. The molecule has 1 N–H and O–H groups in total. The van der Waals surface area contributed by atoms with Gasteiger partial charge in [-0.15, -0.1) is 0 Å². The molecule has 0 radical (unpaired) electrons. The molecule has 2 aliphatic carbocycles. The van der Waals surface area contributed by atoms with Crippen LogP contribution in [-0.2, 0) is 11.8 Å². The second-order valence-corrected chi connectivity index (χ2v) is 6.83. The van der Waals surface area contributed by atoms with Crippen molar-refractivity contribution in [3.05, 3.63) is 35.4 Å². The van der Waals surface area contributed by atoms with Gasteiger partial charge in [-0.2, -0.15) is 0 Å². The highest BCUT2D eigenvalue weighted by Crippen LogP contribution is 2.62. The largest absolute Gasteiger partial charge is 0.493 e. The van der Waals surface area contributed by atoms with Crippen LogP contribution in [0.4, 0.5) is 0 Å². The first kappa shape index (κ1) is 10.3. The van der Waals surface area contributed by atoms with Crippen LogP contribution in [0.1, 0.15) is 21.7 Å². The Kier molecular flexibility index (Phi) is 1.90. The predicted molar refractivity (Wildman–Crippen MR) is 82.5 cm³/mol. The van der Waals surface area contributed by atoms with E-state index in [0.29, 0.717) is 25.1 Å². The van der Waals surface area contributed by atoms with Gasteiger partial charge in [-0.25, -0.2) is 0 Å².